The molecular weight excluding hydrogens is 212 g/mol. The first kappa shape index (κ1) is 12.4. The minimum Gasteiger partial charge on any atom is -0.496 e. The van der Waals surface area contributed by atoms with Crippen LogP contribution in [0.15, 0.2) is 12.1 Å². The predicted octanol–water partition coefficient (Wildman–Crippen LogP) is 3.19. The maximum atomic E-state index is 9.87. The van der Waals surface area contributed by atoms with Crippen LogP contribution in [0.4, 0.5) is 0 Å². The van der Waals surface area contributed by atoms with Crippen LogP contribution in [-0.4, -0.2) is 18.3 Å². The van der Waals surface area contributed by atoms with E-state index in [1.807, 2.05) is 0 Å². The molecule has 2 heteroatoms. The maximum absolute atomic E-state index is 9.87. The smallest absolute Gasteiger partial charge is 0.122 e. The molecule has 1 fully saturated rings. The molecule has 1 aromatic rings. The number of hydrogen-bond donors (Lipinski definition) is 1. The highest BCUT2D eigenvalue weighted by molar-refractivity contribution is 5.43. The van der Waals surface area contributed by atoms with E-state index >= 15 is 0 Å². The Balaban J connectivity index is 2.36. The molecule has 1 aliphatic rings. The van der Waals surface area contributed by atoms with Crippen LogP contribution in [0.25, 0.3) is 0 Å². The molecule has 0 aromatic heterocycles. The van der Waals surface area contributed by atoms with E-state index in [0.29, 0.717) is 11.8 Å². The molecule has 0 radical (unpaired) electrons. The SMILES string of the molecule is COc1cc(C)c(C2CCC(O)C2C)cc1C. The van der Waals surface area contributed by atoms with Gasteiger partial charge in [0.1, 0.15) is 5.75 Å². The number of methoxy groups -OCH3 is 1. The van der Waals surface area contributed by atoms with Gasteiger partial charge >= 0.3 is 0 Å². The minimum atomic E-state index is -0.137. The summed E-state index contributed by atoms with van der Waals surface area (Å²) in [5, 5.41) is 9.87. The van der Waals surface area contributed by atoms with Crippen molar-refractivity contribution in [3.05, 3.63) is 28.8 Å². The Morgan fingerprint density at radius 1 is 1.18 bits per heavy atom. The van der Waals surface area contributed by atoms with Crippen molar-refractivity contribution in [1.29, 1.82) is 0 Å². The maximum Gasteiger partial charge on any atom is 0.122 e. The van der Waals surface area contributed by atoms with Crippen molar-refractivity contribution in [2.45, 2.75) is 45.6 Å². The van der Waals surface area contributed by atoms with Crippen molar-refractivity contribution < 1.29 is 9.84 Å². The van der Waals surface area contributed by atoms with Crippen LogP contribution in [0.5, 0.6) is 5.75 Å². The highest BCUT2D eigenvalue weighted by Crippen LogP contribution is 2.42. The Morgan fingerprint density at radius 3 is 2.41 bits per heavy atom. The van der Waals surface area contributed by atoms with E-state index in [1.54, 1.807) is 7.11 Å². The zero-order valence-electron chi connectivity index (χ0n) is 11.2. The predicted molar refractivity (Wildman–Crippen MR) is 69.6 cm³/mol. The van der Waals surface area contributed by atoms with Crippen LogP contribution in [0.2, 0.25) is 0 Å². The van der Waals surface area contributed by atoms with Crippen molar-refractivity contribution in [2.24, 2.45) is 5.92 Å². The molecule has 0 heterocycles. The Bertz CT molecular complexity index is 412. The van der Waals surface area contributed by atoms with E-state index in [0.717, 1.165) is 18.6 Å². The van der Waals surface area contributed by atoms with Crippen molar-refractivity contribution in [3.63, 3.8) is 0 Å². The zero-order chi connectivity index (χ0) is 12.6. The van der Waals surface area contributed by atoms with E-state index in [4.69, 9.17) is 4.74 Å². The summed E-state index contributed by atoms with van der Waals surface area (Å²) >= 11 is 0. The monoisotopic (exact) mass is 234 g/mol. The molecule has 3 unspecified atom stereocenters. The van der Waals surface area contributed by atoms with Gasteiger partial charge in [0.05, 0.1) is 13.2 Å². The number of aliphatic hydroxyl groups excluding tert-OH is 1. The van der Waals surface area contributed by atoms with Gasteiger partial charge in [0.2, 0.25) is 0 Å². The Hall–Kier alpha value is -1.02. The van der Waals surface area contributed by atoms with Crippen molar-refractivity contribution in [1.82, 2.24) is 0 Å². The van der Waals surface area contributed by atoms with E-state index in [1.165, 1.54) is 16.7 Å². The number of benzene rings is 1. The van der Waals surface area contributed by atoms with Crippen LogP contribution in [-0.2, 0) is 0 Å². The molecule has 1 aromatic carbocycles. The average molecular weight is 234 g/mol. The van der Waals surface area contributed by atoms with Gasteiger partial charge in [-0.15, -0.1) is 0 Å². The van der Waals surface area contributed by atoms with Crippen molar-refractivity contribution >= 4 is 0 Å². The third kappa shape index (κ3) is 2.19. The van der Waals surface area contributed by atoms with E-state index < -0.39 is 0 Å². The lowest BCUT2D eigenvalue weighted by molar-refractivity contribution is 0.136. The Morgan fingerprint density at radius 2 is 1.88 bits per heavy atom. The van der Waals surface area contributed by atoms with E-state index in [9.17, 15) is 5.11 Å². The Kier molecular flexibility index (Phi) is 3.43. The molecule has 17 heavy (non-hydrogen) atoms. The number of ether oxygens (including phenoxy) is 1. The lowest BCUT2D eigenvalue weighted by Crippen LogP contribution is -2.15. The number of hydrogen-bond acceptors (Lipinski definition) is 2. The summed E-state index contributed by atoms with van der Waals surface area (Å²) in [5.74, 6) is 1.81. The summed E-state index contributed by atoms with van der Waals surface area (Å²) in [5.41, 5.74) is 3.84. The summed E-state index contributed by atoms with van der Waals surface area (Å²) in [6.45, 7) is 6.37. The molecule has 2 nitrogen and oxygen atoms in total. The fourth-order valence-corrected chi connectivity index (χ4v) is 3.01. The number of rotatable bonds is 2. The summed E-state index contributed by atoms with van der Waals surface area (Å²) in [6.07, 6.45) is 1.88. The van der Waals surface area contributed by atoms with Gasteiger partial charge in [0, 0.05) is 0 Å². The second-order valence-electron chi connectivity index (χ2n) is 5.29. The summed E-state index contributed by atoms with van der Waals surface area (Å²) in [6, 6.07) is 4.34. The van der Waals surface area contributed by atoms with Gasteiger partial charge in [-0.3, -0.25) is 0 Å². The molecule has 2 rings (SSSR count). The van der Waals surface area contributed by atoms with Crippen LogP contribution in [0, 0.1) is 19.8 Å². The molecule has 1 N–H and O–H groups in total. The van der Waals surface area contributed by atoms with Crippen LogP contribution >= 0.6 is 0 Å². The zero-order valence-corrected chi connectivity index (χ0v) is 11.2. The Labute approximate surface area is 104 Å². The third-order valence-corrected chi connectivity index (χ3v) is 4.20. The molecule has 0 spiro atoms. The largest absolute Gasteiger partial charge is 0.496 e. The normalized spacial score (nSPS) is 28.4. The second-order valence-corrected chi connectivity index (χ2v) is 5.29. The second kappa shape index (κ2) is 4.69. The quantitative estimate of drug-likeness (QED) is 0.851. The van der Waals surface area contributed by atoms with Gasteiger partial charge in [0.15, 0.2) is 0 Å². The molecule has 1 saturated carbocycles. The molecular formula is C15H22O2. The van der Waals surface area contributed by atoms with Crippen LogP contribution in [0.1, 0.15) is 42.4 Å². The molecule has 0 aliphatic heterocycles. The van der Waals surface area contributed by atoms with E-state index in [-0.39, 0.29) is 6.10 Å². The van der Waals surface area contributed by atoms with Gasteiger partial charge in [-0.1, -0.05) is 13.0 Å². The van der Waals surface area contributed by atoms with Crippen LogP contribution < -0.4 is 4.74 Å². The van der Waals surface area contributed by atoms with E-state index in [2.05, 4.69) is 32.9 Å². The number of aryl methyl sites for hydroxylation is 2. The summed E-state index contributed by atoms with van der Waals surface area (Å²) in [7, 11) is 1.71. The lowest BCUT2D eigenvalue weighted by Gasteiger charge is -2.21. The van der Waals surface area contributed by atoms with Gasteiger partial charge in [0.25, 0.3) is 0 Å². The first-order valence-corrected chi connectivity index (χ1v) is 6.37. The van der Waals surface area contributed by atoms with Crippen molar-refractivity contribution in [3.8, 4) is 5.75 Å². The standard InChI is InChI=1S/C15H22O2/c1-9-8-15(17-4)10(2)7-13(9)12-5-6-14(16)11(12)3/h7-8,11-12,14,16H,5-6H2,1-4H3. The van der Waals surface area contributed by atoms with Gasteiger partial charge in [-0.2, -0.15) is 0 Å². The molecule has 0 saturated heterocycles. The summed E-state index contributed by atoms with van der Waals surface area (Å²) in [4.78, 5) is 0. The third-order valence-electron chi connectivity index (χ3n) is 4.20. The molecule has 3 atom stereocenters. The van der Waals surface area contributed by atoms with Crippen LogP contribution in [0.3, 0.4) is 0 Å². The summed E-state index contributed by atoms with van der Waals surface area (Å²) < 4.78 is 5.34. The van der Waals surface area contributed by atoms with Crippen molar-refractivity contribution in [2.75, 3.05) is 7.11 Å². The number of aliphatic hydroxyl groups is 1. The van der Waals surface area contributed by atoms with Gasteiger partial charge in [-0.05, 0) is 61.3 Å². The highest BCUT2D eigenvalue weighted by Gasteiger charge is 2.33. The lowest BCUT2D eigenvalue weighted by atomic mass is 9.86. The first-order valence-electron chi connectivity index (χ1n) is 6.37. The fraction of sp³-hybridized carbons (Fsp3) is 0.600. The molecule has 94 valence electrons. The van der Waals surface area contributed by atoms with Gasteiger partial charge in [-0.25, -0.2) is 0 Å². The first-order chi connectivity index (χ1) is 8.04. The fourth-order valence-electron chi connectivity index (χ4n) is 3.01. The average Bonchev–Trinajstić information content (AvgIpc) is 2.63. The highest BCUT2D eigenvalue weighted by atomic mass is 16.5. The molecule has 0 amide bonds. The van der Waals surface area contributed by atoms with Gasteiger partial charge < -0.3 is 9.84 Å². The molecule has 1 aliphatic carbocycles. The molecule has 0 bridgehead atoms. The topological polar surface area (TPSA) is 29.5 Å². The minimum absolute atomic E-state index is 0.137.